The van der Waals surface area contributed by atoms with Gasteiger partial charge in [0.15, 0.2) is 0 Å². The molecule has 0 N–H and O–H groups in total. The average molecular weight is 135 g/mol. The summed E-state index contributed by atoms with van der Waals surface area (Å²) in [5.74, 6) is 0. The van der Waals surface area contributed by atoms with Crippen LogP contribution in [0.25, 0.3) is 0 Å². The average Bonchev–Trinajstić information content (AvgIpc) is 1.88. The van der Waals surface area contributed by atoms with Crippen molar-refractivity contribution in [3.63, 3.8) is 0 Å². The minimum absolute atomic E-state index is 0.398. The molecule has 1 aliphatic rings. The Morgan fingerprint density at radius 2 is 2.40 bits per heavy atom. The molecule has 54 valence electrons. The second-order valence-electron chi connectivity index (χ2n) is 2.77. The third-order valence-electron chi connectivity index (χ3n) is 1.40. The largest absolute Gasteiger partial charge is 0.285 e. The number of dihydropyridines is 1. The van der Waals surface area contributed by atoms with Gasteiger partial charge < -0.3 is 0 Å². The summed E-state index contributed by atoms with van der Waals surface area (Å²) in [7, 11) is 0. The summed E-state index contributed by atoms with van der Waals surface area (Å²) >= 11 is 0. The number of nitrogens with zero attached hydrogens (tertiary/aromatic N) is 1. The molecule has 0 amide bonds. The van der Waals surface area contributed by atoms with Gasteiger partial charge in [-0.1, -0.05) is 17.7 Å². The summed E-state index contributed by atoms with van der Waals surface area (Å²) in [5, 5.41) is 0. The molecule has 0 saturated carbocycles. The quantitative estimate of drug-likeness (QED) is 0.489. The van der Waals surface area contributed by atoms with Crippen molar-refractivity contribution < 1.29 is 0 Å². The van der Waals surface area contributed by atoms with E-state index in [0.29, 0.717) is 6.04 Å². The van der Waals surface area contributed by atoms with Gasteiger partial charge in [-0.05, 0) is 26.3 Å². The van der Waals surface area contributed by atoms with Crippen molar-refractivity contribution in [2.45, 2.75) is 26.3 Å². The second-order valence-corrected chi connectivity index (χ2v) is 2.77. The van der Waals surface area contributed by atoms with Crippen LogP contribution in [0.2, 0.25) is 0 Å². The molecule has 1 unspecified atom stereocenters. The topological polar surface area (TPSA) is 12.4 Å². The first kappa shape index (κ1) is 7.26. The van der Waals surface area contributed by atoms with Crippen molar-refractivity contribution in [2.24, 2.45) is 4.99 Å². The van der Waals surface area contributed by atoms with E-state index in [4.69, 9.17) is 0 Å². The zero-order valence-corrected chi connectivity index (χ0v) is 6.54. The molecule has 1 aliphatic heterocycles. The molecule has 1 heterocycles. The van der Waals surface area contributed by atoms with Gasteiger partial charge in [0.1, 0.15) is 0 Å². The third-order valence-corrected chi connectivity index (χ3v) is 1.40. The van der Waals surface area contributed by atoms with Crippen LogP contribution in [0.5, 0.6) is 0 Å². The Balaban J connectivity index is 2.52. The van der Waals surface area contributed by atoms with Crippen molar-refractivity contribution in [3.05, 3.63) is 23.8 Å². The maximum absolute atomic E-state index is 4.28. The van der Waals surface area contributed by atoms with E-state index in [9.17, 15) is 0 Å². The lowest BCUT2D eigenvalue weighted by Gasteiger charge is -2.06. The van der Waals surface area contributed by atoms with Gasteiger partial charge in [-0.3, -0.25) is 4.99 Å². The SMILES string of the molecule is CC(C)=CC1CC=CC=N1. The van der Waals surface area contributed by atoms with Gasteiger partial charge in [0, 0.05) is 6.21 Å². The molecule has 1 atom stereocenters. The van der Waals surface area contributed by atoms with Gasteiger partial charge in [-0.25, -0.2) is 0 Å². The summed E-state index contributed by atoms with van der Waals surface area (Å²) in [6.45, 7) is 4.21. The normalized spacial score (nSPS) is 22.8. The predicted molar refractivity (Wildman–Crippen MR) is 45.5 cm³/mol. The standard InChI is InChI=1S/C9H13N/c1-8(2)7-9-5-3-4-6-10-9/h3-4,6-7,9H,5H2,1-2H3. The summed E-state index contributed by atoms with van der Waals surface area (Å²) in [6.07, 6.45) is 9.27. The summed E-state index contributed by atoms with van der Waals surface area (Å²) < 4.78 is 0. The van der Waals surface area contributed by atoms with Gasteiger partial charge >= 0.3 is 0 Å². The van der Waals surface area contributed by atoms with Crippen molar-refractivity contribution in [3.8, 4) is 0 Å². The molecule has 0 aromatic rings. The van der Waals surface area contributed by atoms with Gasteiger partial charge in [-0.15, -0.1) is 0 Å². The Bertz CT molecular complexity index is 183. The van der Waals surface area contributed by atoms with Crippen LogP contribution in [0.3, 0.4) is 0 Å². The molecule has 1 rings (SSSR count). The summed E-state index contributed by atoms with van der Waals surface area (Å²) in [5.41, 5.74) is 1.34. The monoisotopic (exact) mass is 135 g/mol. The second kappa shape index (κ2) is 3.35. The number of hydrogen-bond acceptors (Lipinski definition) is 1. The molecular formula is C9H13N. The fourth-order valence-corrected chi connectivity index (χ4v) is 0.996. The van der Waals surface area contributed by atoms with Gasteiger partial charge in [0.2, 0.25) is 0 Å². The summed E-state index contributed by atoms with van der Waals surface area (Å²) in [4.78, 5) is 4.28. The third kappa shape index (κ3) is 2.18. The van der Waals surface area contributed by atoms with Crippen molar-refractivity contribution >= 4 is 6.21 Å². The molecule has 0 fully saturated rings. The molecule has 0 saturated heterocycles. The number of allylic oxidation sites excluding steroid dienone is 2. The first-order chi connectivity index (χ1) is 4.79. The van der Waals surface area contributed by atoms with Crippen LogP contribution in [0, 0.1) is 0 Å². The van der Waals surface area contributed by atoms with Gasteiger partial charge in [0.25, 0.3) is 0 Å². The highest BCUT2D eigenvalue weighted by Crippen LogP contribution is 2.07. The fraction of sp³-hybridized carbons (Fsp3) is 0.444. The van der Waals surface area contributed by atoms with E-state index < -0.39 is 0 Å². The highest BCUT2D eigenvalue weighted by molar-refractivity contribution is 5.72. The van der Waals surface area contributed by atoms with Crippen LogP contribution in [-0.4, -0.2) is 12.3 Å². The number of hydrogen-bond donors (Lipinski definition) is 0. The Kier molecular flexibility index (Phi) is 2.43. The van der Waals surface area contributed by atoms with Crippen LogP contribution < -0.4 is 0 Å². The molecule has 0 spiro atoms. The lowest BCUT2D eigenvalue weighted by Crippen LogP contribution is -2.01. The molecule has 0 aromatic heterocycles. The fourth-order valence-electron chi connectivity index (χ4n) is 0.996. The van der Waals surface area contributed by atoms with E-state index in [1.54, 1.807) is 0 Å². The highest BCUT2D eigenvalue weighted by atomic mass is 14.8. The molecular weight excluding hydrogens is 122 g/mol. The van der Waals surface area contributed by atoms with Crippen LogP contribution >= 0.6 is 0 Å². The van der Waals surface area contributed by atoms with E-state index in [2.05, 4.69) is 31.0 Å². The molecule has 10 heavy (non-hydrogen) atoms. The van der Waals surface area contributed by atoms with Crippen LogP contribution in [-0.2, 0) is 0 Å². The zero-order valence-electron chi connectivity index (χ0n) is 6.54. The minimum atomic E-state index is 0.398. The maximum atomic E-state index is 4.28. The van der Waals surface area contributed by atoms with Gasteiger partial charge in [0.05, 0.1) is 6.04 Å². The van der Waals surface area contributed by atoms with E-state index in [0.717, 1.165) is 6.42 Å². The molecule has 0 aliphatic carbocycles. The lowest BCUT2D eigenvalue weighted by atomic mass is 10.1. The first-order valence-electron chi connectivity index (χ1n) is 3.62. The minimum Gasteiger partial charge on any atom is -0.285 e. The molecule has 0 bridgehead atoms. The Hall–Kier alpha value is -0.850. The maximum Gasteiger partial charge on any atom is 0.0716 e. The molecule has 0 radical (unpaired) electrons. The summed E-state index contributed by atoms with van der Waals surface area (Å²) in [6, 6.07) is 0.398. The molecule has 1 heteroatoms. The van der Waals surface area contributed by atoms with Crippen LogP contribution in [0.1, 0.15) is 20.3 Å². The van der Waals surface area contributed by atoms with E-state index in [-0.39, 0.29) is 0 Å². The predicted octanol–water partition coefficient (Wildman–Crippen LogP) is 2.35. The van der Waals surface area contributed by atoms with E-state index >= 15 is 0 Å². The molecule has 0 aromatic carbocycles. The van der Waals surface area contributed by atoms with E-state index in [1.165, 1.54) is 5.57 Å². The van der Waals surface area contributed by atoms with Crippen molar-refractivity contribution in [1.82, 2.24) is 0 Å². The molecule has 1 nitrogen and oxygen atoms in total. The first-order valence-corrected chi connectivity index (χ1v) is 3.62. The Labute approximate surface area is 62.2 Å². The highest BCUT2D eigenvalue weighted by Gasteiger charge is 2.00. The van der Waals surface area contributed by atoms with Gasteiger partial charge in [-0.2, -0.15) is 0 Å². The smallest absolute Gasteiger partial charge is 0.0716 e. The van der Waals surface area contributed by atoms with Crippen LogP contribution in [0.4, 0.5) is 0 Å². The van der Waals surface area contributed by atoms with Crippen LogP contribution in [0.15, 0.2) is 28.8 Å². The lowest BCUT2D eigenvalue weighted by molar-refractivity contribution is 0.824. The van der Waals surface area contributed by atoms with Crippen molar-refractivity contribution in [2.75, 3.05) is 0 Å². The zero-order chi connectivity index (χ0) is 7.40. The number of rotatable bonds is 1. The van der Waals surface area contributed by atoms with Crippen molar-refractivity contribution in [1.29, 1.82) is 0 Å². The number of aliphatic imine (C=N–C) groups is 1. The Morgan fingerprint density at radius 1 is 1.60 bits per heavy atom. The Morgan fingerprint density at radius 3 is 2.90 bits per heavy atom. The van der Waals surface area contributed by atoms with E-state index in [1.807, 2.05) is 12.3 Å².